The van der Waals surface area contributed by atoms with Gasteiger partial charge in [0, 0.05) is 21.4 Å². The van der Waals surface area contributed by atoms with Gasteiger partial charge in [0.1, 0.15) is 5.75 Å². The van der Waals surface area contributed by atoms with Gasteiger partial charge in [0.05, 0.1) is 12.8 Å². The molecule has 1 heterocycles. The van der Waals surface area contributed by atoms with Crippen LogP contribution in [-0.2, 0) is 0 Å². The molecule has 3 heteroatoms. The van der Waals surface area contributed by atoms with Crippen LogP contribution in [0, 0.1) is 6.92 Å². The summed E-state index contributed by atoms with van der Waals surface area (Å²) in [6.45, 7) is 6.47. The van der Waals surface area contributed by atoms with Crippen LogP contribution in [0.5, 0.6) is 5.75 Å². The molecule has 2 N–H and O–H groups in total. The first kappa shape index (κ1) is 13.0. The minimum absolute atomic E-state index is 0.495. The molecular formula is C15H19NOS. The Morgan fingerprint density at radius 3 is 2.50 bits per heavy atom. The van der Waals surface area contributed by atoms with Crippen LogP contribution in [0.1, 0.15) is 30.2 Å². The Morgan fingerprint density at radius 2 is 2.00 bits per heavy atom. The fraction of sp³-hybridized carbons (Fsp3) is 0.333. The molecule has 2 rings (SSSR count). The van der Waals surface area contributed by atoms with Gasteiger partial charge in [-0.3, -0.25) is 0 Å². The van der Waals surface area contributed by atoms with E-state index in [1.54, 1.807) is 18.4 Å². The molecule has 0 radical (unpaired) electrons. The van der Waals surface area contributed by atoms with Crippen LogP contribution in [0.3, 0.4) is 0 Å². The number of rotatable bonds is 3. The van der Waals surface area contributed by atoms with E-state index in [9.17, 15) is 0 Å². The molecule has 1 aromatic carbocycles. The molecular weight excluding hydrogens is 242 g/mol. The molecule has 0 aliphatic carbocycles. The van der Waals surface area contributed by atoms with Crippen LogP contribution in [0.25, 0.3) is 11.1 Å². The Balaban J connectivity index is 2.64. The molecule has 0 aliphatic heterocycles. The number of thiophene rings is 1. The summed E-state index contributed by atoms with van der Waals surface area (Å²) in [5.74, 6) is 1.38. The van der Waals surface area contributed by atoms with Gasteiger partial charge in [-0.05, 0) is 30.5 Å². The monoisotopic (exact) mass is 261 g/mol. The maximum Gasteiger partial charge on any atom is 0.126 e. The topological polar surface area (TPSA) is 35.2 Å². The van der Waals surface area contributed by atoms with Crippen molar-refractivity contribution in [2.45, 2.75) is 26.7 Å². The largest absolute Gasteiger partial charge is 0.496 e. The minimum Gasteiger partial charge on any atom is -0.496 e. The lowest BCUT2D eigenvalue weighted by molar-refractivity contribution is 0.416. The first-order valence-corrected chi connectivity index (χ1v) is 6.94. The van der Waals surface area contributed by atoms with Crippen LogP contribution in [0.2, 0.25) is 0 Å². The maximum absolute atomic E-state index is 6.08. The van der Waals surface area contributed by atoms with Crippen molar-refractivity contribution >= 4 is 17.0 Å². The Bertz CT molecular complexity index is 538. The molecule has 0 aliphatic rings. The van der Waals surface area contributed by atoms with Gasteiger partial charge in [0.15, 0.2) is 0 Å². The summed E-state index contributed by atoms with van der Waals surface area (Å²) in [5, 5.41) is 1.99. The van der Waals surface area contributed by atoms with Gasteiger partial charge in [-0.15, -0.1) is 11.3 Å². The molecule has 96 valence electrons. The zero-order chi connectivity index (χ0) is 13.3. The zero-order valence-corrected chi connectivity index (χ0v) is 12.1. The third-order valence-electron chi connectivity index (χ3n) is 3.16. The summed E-state index contributed by atoms with van der Waals surface area (Å²) in [7, 11) is 1.70. The van der Waals surface area contributed by atoms with Gasteiger partial charge in [0.2, 0.25) is 0 Å². The first-order valence-electron chi connectivity index (χ1n) is 6.06. The zero-order valence-electron chi connectivity index (χ0n) is 11.3. The number of aryl methyl sites for hydroxylation is 1. The van der Waals surface area contributed by atoms with E-state index < -0.39 is 0 Å². The van der Waals surface area contributed by atoms with Crippen LogP contribution in [0.4, 0.5) is 5.69 Å². The highest BCUT2D eigenvalue weighted by Gasteiger charge is 2.14. The molecule has 18 heavy (non-hydrogen) atoms. The molecule has 0 saturated carbocycles. The second-order valence-corrected chi connectivity index (χ2v) is 5.82. The molecule has 1 aromatic heterocycles. The van der Waals surface area contributed by atoms with Crippen molar-refractivity contribution in [3.63, 3.8) is 0 Å². The predicted octanol–water partition coefficient (Wildman–Crippen LogP) is 4.44. The summed E-state index contributed by atoms with van der Waals surface area (Å²) >= 11 is 1.68. The maximum atomic E-state index is 6.08. The summed E-state index contributed by atoms with van der Waals surface area (Å²) in [6, 6.07) is 6.33. The number of methoxy groups -OCH3 is 1. The van der Waals surface area contributed by atoms with Crippen molar-refractivity contribution in [3.05, 3.63) is 34.0 Å². The van der Waals surface area contributed by atoms with E-state index in [2.05, 4.69) is 32.9 Å². The molecule has 0 amide bonds. The second-order valence-electron chi connectivity index (χ2n) is 4.74. The highest BCUT2D eigenvalue weighted by molar-refractivity contribution is 7.11. The van der Waals surface area contributed by atoms with Crippen molar-refractivity contribution in [2.24, 2.45) is 0 Å². The van der Waals surface area contributed by atoms with Crippen molar-refractivity contribution in [1.29, 1.82) is 0 Å². The smallest absolute Gasteiger partial charge is 0.126 e. The molecule has 0 fully saturated rings. The van der Waals surface area contributed by atoms with E-state index in [4.69, 9.17) is 10.5 Å². The van der Waals surface area contributed by atoms with E-state index in [0.717, 1.165) is 22.6 Å². The van der Waals surface area contributed by atoms with Crippen molar-refractivity contribution in [3.8, 4) is 16.9 Å². The Hall–Kier alpha value is -1.48. The number of ether oxygens (including phenoxy) is 1. The average molecular weight is 261 g/mol. The van der Waals surface area contributed by atoms with Crippen LogP contribution in [0.15, 0.2) is 23.6 Å². The fourth-order valence-corrected chi connectivity index (χ4v) is 2.87. The van der Waals surface area contributed by atoms with Gasteiger partial charge in [0.25, 0.3) is 0 Å². The van der Waals surface area contributed by atoms with Crippen LogP contribution in [-0.4, -0.2) is 7.11 Å². The lowest BCUT2D eigenvalue weighted by Crippen LogP contribution is -1.95. The lowest BCUT2D eigenvalue weighted by atomic mass is 9.96. The number of nitrogens with two attached hydrogens (primary N) is 1. The van der Waals surface area contributed by atoms with Gasteiger partial charge >= 0.3 is 0 Å². The number of nitrogen functional groups attached to an aromatic ring is 1. The molecule has 2 nitrogen and oxygen atoms in total. The van der Waals surface area contributed by atoms with Gasteiger partial charge in [-0.2, -0.15) is 0 Å². The van der Waals surface area contributed by atoms with Crippen LogP contribution < -0.4 is 10.5 Å². The molecule has 2 aromatic rings. The number of benzene rings is 1. The number of hydrogen-bond acceptors (Lipinski definition) is 3. The SMILES string of the molecule is COc1ccc(C(C)C)cc1-c1c(N)csc1C. The van der Waals surface area contributed by atoms with Gasteiger partial charge in [-0.1, -0.05) is 19.9 Å². The van der Waals surface area contributed by atoms with E-state index in [1.165, 1.54) is 10.4 Å². The molecule has 0 saturated heterocycles. The summed E-state index contributed by atoms with van der Waals surface area (Å²) in [5.41, 5.74) is 10.4. The van der Waals surface area contributed by atoms with Crippen molar-refractivity contribution in [2.75, 3.05) is 12.8 Å². The fourth-order valence-electron chi connectivity index (χ4n) is 2.10. The number of hydrogen-bond donors (Lipinski definition) is 1. The summed E-state index contributed by atoms with van der Waals surface area (Å²) in [4.78, 5) is 1.23. The van der Waals surface area contributed by atoms with E-state index >= 15 is 0 Å². The normalized spacial score (nSPS) is 10.9. The molecule has 0 bridgehead atoms. The van der Waals surface area contributed by atoms with Crippen molar-refractivity contribution in [1.82, 2.24) is 0 Å². The average Bonchev–Trinajstić information content (AvgIpc) is 2.68. The number of anilines is 1. The highest BCUT2D eigenvalue weighted by Crippen LogP contribution is 2.40. The molecule has 0 atom stereocenters. The molecule has 0 unspecified atom stereocenters. The van der Waals surface area contributed by atoms with Crippen molar-refractivity contribution < 1.29 is 4.74 Å². The van der Waals surface area contributed by atoms with Crippen LogP contribution >= 0.6 is 11.3 Å². The Kier molecular flexibility index (Phi) is 3.62. The van der Waals surface area contributed by atoms with E-state index in [-0.39, 0.29) is 0 Å². The standard InChI is InChI=1S/C15H19NOS/c1-9(2)11-5-6-14(17-4)12(7-11)15-10(3)18-8-13(15)16/h5-9H,16H2,1-4H3. The highest BCUT2D eigenvalue weighted by atomic mass is 32.1. The Labute approximate surface area is 112 Å². The molecule has 0 spiro atoms. The Morgan fingerprint density at radius 1 is 1.28 bits per heavy atom. The summed E-state index contributed by atoms with van der Waals surface area (Å²) in [6.07, 6.45) is 0. The van der Waals surface area contributed by atoms with E-state index in [0.29, 0.717) is 5.92 Å². The minimum atomic E-state index is 0.495. The quantitative estimate of drug-likeness (QED) is 0.886. The second kappa shape index (κ2) is 5.02. The van der Waals surface area contributed by atoms with Gasteiger partial charge in [-0.25, -0.2) is 0 Å². The third kappa shape index (κ3) is 2.23. The van der Waals surface area contributed by atoms with E-state index in [1.807, 2.05) is 11.4 Å². The predicted molar refractivity (Wildman–Crippen MR) is 79.5 cm³/mol. The third-order valence-corrected chi connectivity index (χ3v) is 4.09. The lowest BCUT2D eigenvalue weighted by Gasteiger charge is -2.13. The van der Waals surface area contributed by atoms with Gasteiger partial charge < -0.3 is 10.5 Å². The first-order chi connectivity index (χ1) is 8.54. The summed E-state index contributed by atoms with van der Waals surface area (Å²) < 4.78 is 5.46.